The van der Waals surface area contributed by atoms with E-state index < -0.39 is 0 Å². The lowest BCUT2D eigenvalue weighted by Crippen LogP contribution is -1.95. The normalized spacial score (nSPS) is 11.6. The minimum Gasteiger partial charge on any atom is -0.309 e. The molecular weight excluding hydrogens is 1820 g/mol. The Labute approximate surface area is 866 Å². The molecule has 21 aromatic carbocycles. The molecule has 0 saturated carbocycles. The van der Waals surface area contributed by atoms with E-state index in [-0.39, 0.29) is 0 Å². The van der Waals surface area contributed by atoms with Crippen LogP contribution in [0.3, 0.4) is 0 Å². The lowest BCUT2D eigenvalue weighted by Gasteiger charge is -2.12. The highest BCUT2D eigenvalue weighted by molar-refractivity contribution is 6.17. The van der Waals surface area contributed by atoms with Crippen molar-refractivity contribution >= 4 is 131 Å². The average molecular weight is 1910 g/mol. The number of nitrogens with zero attached hydrogens (tertiary/aromatic N) is 9. The number of pyridine rings is 3. The molecule has 0 amide bonds. The number of fused-ring (bicyclic) bond motifs is 18. The van der Waals surface area contributed by atoms with Crippen molar-refractivity contribution in [1.29, 1.82) is 0 Å². The Morgan fingerprint density at radius 1 is 0.113 bits per heavy atom. The third-order valence-corrected chi connectivity index (χ3v) is 30.0. The molecule has 9 heterocycles. The standard InChI is InChI=1S/3C47H31N3/c1-3-12-32(13-4-1)34-16-9-18-38(28-34)49-44-26-24-36(30-42(44)47-45(49)22-11-27-48-47)37-23-25-41-40-20-7-8-21-43(40)50(46(41)31-37)39-19-10-17-35(29-39)33-14-5-2-6-15-33;1-3-11-32(12-4-1)34-20-24-38(25-21-34)49-43-18-8-7-17-40(43)41-26-22-37(31-46(41)49)36-23-27-44-42(30-36)47-45(19-10-28-48-47)50(44)39-16-9-15-35(29-39)33-13-5-2-6-14-33;1-3-9-32(10-4-1)34-15-21-38(22-16-34)49-45-26-20-36(29-42(45)43-31-48-28-27-46(43)49)37-19-25-41-40-13-7-8-14-44(40)50(47(41)30-37)39-23-17-35(18-24-39)33-11-5-2-6-12-33/h3*1-31H. The Kier molecular flexibility index (Phi) is 21.8. The number of hydrogen-bond donors (Lipinski definition) is 0. The predicted octanol–water partition coefficient (Wildman–Crippen LogP) is 36.8. The molecule has 30 aromatic rings. The molecule has 30 rings (SSSR count). The first-order valence-corrected chi connectivity index (χ1v) is 51.1. The number of rotatable bonds is 15. The summed E-state index contributed by atoms with van der Waals surface area (Å²) in [5, 5.41) is 12.1. The topological polar surface area (TPSA) is 68.2 Å². The second-order valence-electron chi connectivity index (χ2n) is 38.6. The zero-order valence-corrected chi connectivity index (χ0v) is 81.7. The summed E-state index contributed by atoms with van der Waals surface area (Å²) in [5.74, 6) is 0. The molecule has 0 aliphatic rings. The van der Waals surface area contributed by atoms with E-state index in [0.717, 1.165) is 100.0 Å². The SMILES string of the molecule is c1ccc(-c2ccc(-n3c4ccccc4c4ccc(-c5ccc6c(c5)c5ncccc5n6-c5cccc(-c6ccccc6)c5)cc43)cc2)cc1.c1ccc(-c2ccc(-n3c4ccncc4c4cc(-c5ccc6c7ccccc7n(-c7ccc(-c8ccccc8)cc7)c6c5)ccc43)cc2)cc1.c1ccc(-c2cccc(-n3c4ccccc4c4ccc(-c5ccc6c(c5)c5ncccc5n6-c5cccc(-c6ccccc6)c5)cc43)c2)cc1. The Morgan fingerprint density at radius 2 is 0.340 bits per heavy atom. The number of hydrogen-bond acceptors (Lipinski definition) is 3. The zero-order valence-electron chi connectivity index (χ0n) is 81.7. The van der Waals surface area contributed by atoms with Crippen LogP contribution in [0.4, 0.5) is 0 Å². The van der Waals surface area contributed by atoms with Crippen LogP contribution in [0.2, 0.25) is 0 Å². The van der Waals surface area contributed by atoms with Crippen LogP contribution in [0.25, 0.3) is 265 Å². The minimum absolute atomic E-state index is 1.00. The smallest absolute Gasteiger partial charge is 0.0963 e. The lowest BCUT2D eigenvalue weighted by atomic mass is 10.0. The van der Waals surface area contributed by atoms with Crippen molar-refractivity contribution in [2.75, 3.05) is 0 Å². The fourth-order valence-corrected chi connectivity index (χ4v) is 22.9. The van der Waals surface area contributed by atoms with Gasteiger partial charge in [0.05, 0.1) is 77.2 Å². The van der Waals surface area contributed by atoms with Gasteiger partial charge in [0.2, 0.25) is 0 Å². The van der Waals surface area contributed by atoms with E-state index in [2.05, 4.69) is 560 Å². The van der Waals surface area contributed by atoms with Crippen molar-refractivity contribution in [1.82, 2.24) is 42.4 Å². The molecule has 0 saturated heterocycles. The van der Waals surface area contributed by atoms with Gasteiger partial charge >= 0.3 is 0 Å². The summed E-state index contributed by atoms with van der Waals surface area (Å²) >= 11 is 0. The molecule has 150 heavy (non-hydrogen) atoms. The van der Waals surface area contributed by atoms with Crippen LogP contribution in [0, 0.1) is 0 Å². The molecule has 0 fully saturated rings. The van der Waals surface area contributed by atoms with Crippen LogP contribution in [0.15, 0.2) is 565 Å². The summed E-state index contributed by atoms with van der Waals surface area (Å²) in [6.45, 7) is 0. The van der Waals surface area contributed by atoms with Crippen LogP contribution in [-0.4, -0.2) is 42.4 Å². The molecule has 9 heteroatoms. The minimum atomic E-state index is 1.00. The van der Waals surface area contributed by atoms with Crippen molar-refractivity contribution < 1.29 is 0 Å². The average Bonchev–Trinajstić information content (AvgIpc) is 1.59. The third kappa shape index (κ3) is 15.5. The second kappa shape index (κ2) is 37.2. The number of para-hydroxylation sites is 3. The van der Waals surface area contributed by atoms with E-state index in [4.69, 9.17) is 9.97 Å². The van der Waals surface area contributed by atoms with E-state index >= 15 is 0 Å². The monoisotopic (exact) mass is 1910 g/mol. The highest BCUT2D eigenvalue weighted by Gasteiger charge is 2.24. The molecule has 702 valence electrons. The van der Waals surface area contributed by atoms with Crippen LogP contribution in [0.5, 0.6) is 0 Å². The van der Waals surface area contributed by atoms with E-state index in [0.29, 0.717) is 0 Å². The fraction of sp³-hybridized carbons (Fsp3) is 0. The van der Waals surface area contributed by atoms with Gasteiger partial charge in [0.1, 0.15) is 0 Å². The molecule has 0 unspecified atom stereocenters. The largest absolute Gasteiger partial charge is 0.309 e. The number of benzene rings is 21. The van der Waals surface area contributed by atoms with Gasteiger partial charge in [0.25, 0.3) is 0 Å². The van der Waals surface area contributed by atoms with Crippen LogP contribution < -0.4 is 0 Å². The summed E-state index contributed by atoms with van der Waals surface area (Å²) in [4.78, 5) is 14.4. The van der Waals surface area contributed by atoms with E-state index in [1.54, 1.807) is 0 Å². The molecule has 0 aliphatic carbocycles. The lowest BCUT2D eigenvalue weighted by molar-refractivity contribution is 1.17. The highest BCUT2D eigenvalue weighted by atomic mass is 15.0. The summed E-state index contributed by atoms with van der Waals surface area (Å²) in [6, 6.07) is 194. The summed E-state index contributed by atoms with van der Waals surface area (Å²) < 4.78 is 14.2. The van der Waals surface area contributed by atoms with Crippen LogP contribution in [0.1, 0.15) is 0 Å². The quantitative estimate of drug-likeness (QED) is 0.103. The molecule has 0 radical (unpaired) electrons. The Hall–Kier alpha value is -20.1. The van der Waals surface area contributed by atoms with Crippen molar-refractivity contribution in [2.24, 2.45) is 0 Å². The Bertz CT molecular complexity index is 10400. The van der Waals surface area contributed by atoms with Crippen molar-refractivity contribution in [3.8, 4) is 134 Å². The van der Waals surface area contributed by atoms with Gasteiger partial charge in [-0.3, -0.25) is 15.0 Å². The maximum absolute atomic E-state index is 4.91. The first-order chi connectivity index (χ1) is 74.4. The van der Waals surface area contributed by atoms with Crippen molar-refractivity contribution in [3.63, 3.8) is 0 Å². The van der Waals surface area contributed by atoms with Gasteiger partial charge in [0.15, 0.2) is 0 Å². The van der Waals surface area contributed by atoms with Gasteiger partial charge in [0, 0.05) is 113 Å². The second-order valence-corrected chi connectivity index (χ2v) is 38.6. The summed E-state index contributed by atoms with van der Waals surface area (Å²) in [6.07, 6.45) is 7.67. The van der Waals surface area contributed by atoms with Gasteiger partial charge in [-0.1, -0.05) is 364 Å². The first kappa shape index (κ1) is 87.6. The molecule has 0 spiro atoms. The molecule has 0 N–H and O–H groups in total. The molecule has 9 aromatic heterocycles. The molecular formula is C141H93N9. The molecule has 0 aliphatic heterocycles. The molecule has 9 nitrogen and oxygen atoms in total. The van der Waals surface area contributed by atoms with E-state index in [1.807, 2.05) is 36.9 Å². The molecule has 0 bridgehead atoms. The van der Waals surface area contributed by atoms with Gasteiger partial charge in [-0.05, 0) is 276 Å². The first-order valence-electron chi connectivity index (χ1n) is 51.1. The fourth-order valence-electron chi connectivity index (χ4n) is 22.9. The predicted molar refractivity (Wildman–Crippen MR) is 628 cm³/mol. The summed E-state index contributed by atoms with van der Waals surface area (Å²) in [7, 11) is 0. The number of aromatic nitrogens is 9. The Morgan fingerprint density at radius 3 is 0.687 bits per heavy atom. The zero-order chi connectivity index (χ0) is 99.1. The van der Waals surface area contributed by atoms with Crippen molar-refractivity contribution in [2.45, 2.75) is 0 Å². The maximum atomic E-state index is 4.91. The van der Waals surface area contributed by atoms with Gasteiger partial charge < -0.3 is 27.4 Å². The third-order valence-electron chi connectivity index (χ3n) is 30.0. The molecule has 0 atom stereocenters. The van der Waals surface area contributed by atoms with Gasteiger partial charge in [-0.2, -0.15) is 0 Å². The summed E-state index contributed by atoms with van der Waals surface area (Å²) in [5.41, 5.74) is 44.3. The van der Waals surface area contributed by atoms with Gasteiger partial charge in [-0.25, -0.2) is 0 Å². The van der Waals surface area contributed by atoms with Gasteiger partial charge in [-0.15, -0.1) is 0 Å². The van der Waals surface area contributed by atoms with Crippen LogP contribution in [-0.2, 0) is 0 Å². The highest BCUT2D eigenvalue weighted by Crippen LogP contribution is 2.46. The van der Waals surface area contributed by atoms with E-state index in [9.17, 15) is 0 Å². The van der Waals surface area contributed by atoms with Crippen LogP contribution >= 0.6 is 0 Å². The Balaban J connectivity index is 0.000000108. The van der Waals surface area contributed by atoms with E-state index in [1.165, 1.54) is 165 Å². The maximum Gasteiger partial charge on any atom is 0.0963 e. The van der Waals surface area contributed by atoms with Crippen molar-refractivity contribution in [3.05, 3.63) is 565 Å².